The molecule has 48 heavy (non-hydrogen) atoms. The largest absolute Gasteiger partial charge is 0.455 e. The summed E-state index contributed by atoms with van der Waals surface area (Å²) in [6.45, 7) is -0.468. The first kappa shape index (κ1) is 32.7. The molecule has 0 radical (unpaired) electrons. The highest BCUT2D eigenvalue weighted by Gasteiger charge is 2.33. The minimum atomic E-state index is -1.76. The number of alkyl carbamates (subject to hydrolysis) is 1. The number of amides is 1. The molecule has 0 aliphatic heterocycles. The Bertz CT molecular complexity index is 1770. The molecule has 1 aliphatic rings. The van der Waals surface area contributed by atoms with Crippen molar-refractivity contribution < 1.29 is 29.0 Å². The van der Waals surface area contributed by atoms with Gasteiger partial charge in [-0.3, -0.25) is 4.79 Å². The van der Waals surface area contributed by atoms with Gasteiger partial charge < -0.3 is 19.9 Å². The van der Waals surface area contributed by atoms with Crippen LogP contribution in [0.3, 0.4) is 0 Å². The van der Waals surface area contributed by atoms with Gasteiger partial charge in [0.05, 0.1) is 11.3 Å². The third kappa shape index (κ3) is 7.68. The lowest BCUT2D eigenvalue weighted by Crippen LogP contribution is -2.49. The number of fused-ring (bicyclic) bond motifs is 3. The average molecular weight is 658 g/mol. The Morgan fingerprint density at radius 1 is 0.667 bits per heavy atom. The molecule has 1 aliphatic carbocycles. The third-order valence-corrected chi connectivity index (χ3v) is 9.79. The van der Waals surface area contributed by atoms with Crippen LogP contribution in [0.15, 0.2) is 140 Å². The van der Waals surface area contributed by atoms with Crippen LogP contribution < -0.4 is 5.32 Å². The van der Waals surface area contributed by atoms with E-state index in [0.717, 1.165) is 33.4 Å². The van der Waals surface area contributed by atoms with Gasteiger partial charge in [-0.2, -0.15) is 0 Å². The van der Waals surface area contributed by atoms with E-state index in [4.69, 9.17) is 9.47 Å². The fourth-order valence-corrected chi connectivity index (χ4v) is 7.30. The first-order chi connectivity index (χ1) is 23.5. The summed E-state index contributed by atoms with van der Waals surface area (Å²) in [6.07, 6.45) is -2.53. The van der Waals surface area contributed by atoms with Gasteiger partial charge >= 0.3 is 12.1 Å². The summed E-state index contributed by atoms with van der Waals surface area (Å²) in [7, 11) is 0. The first-order valence-electron chi connectivity index (χ1n) is 15.8. The number of nitrogens with one attached hydrogen (secondary N) is 1. The topological polar surface area (TPSA) is 102 Å². The van der Waals surface area contributed by atoms with Crippen LogP contribution in [0, 0.1) is 0 Å². The van der Waals surface area contributed by atoms with E-state index in [0.29, 0.717) is 5.56 Å². The SMILES string of the molecule is O=C(N[C@@H](CSC(c1ccccc1)c1ccccc1)[C@@H](O)C(=O)OCC(=O)c1ccccc1)OCC1c2ccccc2-c2ccccc21. The number of aliphatic hydroxyl groups excluding tert-OH is 1. The molecule has 0 heterocycles. The second-order valence-electron chi connectivity index (χ2n) is 11.5. The lowest BCUT2D eigenvalue weighted by Gasteiger charge is -2.26. The minimum Gasteiger partial charge on any atom is -0.455 e. The Morgan fingerprint density at radius 3 is 1.73 bits per heavy atom. The summed E-state index contributed by atoms with van der Waals surface area (Å²) >= 11 is 1.46. The van der Waals surface area contributed by atoms with Crippen LogP contribution in [-0.4, -0.2) is 54.1 Å². The number of Topliss-reactive ketones (excluding diaryl/α,β-unsaturated/α-hetero) is 1. The predicted molar refractivity (Wildman–Crippen MR) is 187 cm³/mol. The predicted octanol–water partition coefficient (Wildman–Crippen LogP) is 7.20. The lowest BCUT2D eigenvalue weighted by molar-refractivity contribution is -0.153. The Balaban J connectivity index is 1.17. The Kier molecular flexibility index (Phi) is 10.6. The van der Waals surface area contributed by atoms with Crippen LogP contribution in [0.2, 0.25) is 0 Å². The molecule has 6 rings (SSSR count). The highest BCUT2D eigenvalue weighted by atomic mass is 32.2. The van der Waals surface area contributed by atoms with Crippen molar-refractivity contribution in [3.8, 4) is 11.1 Å². The monoisotopic (exact) mass is 657 g/mol. The van der Waals surface area contributed by atoms with Crippen molar-refractivity contribution in [3.05, 3.63) is 167 Å². The molecule has 2 N–H and O–H groups in total. The van der Waals surface area contributed by atoms with E-state index >= 15 is 0 Å². The molecule has 0 saturated heterocycles. The maximum Gasteiger partial charge on any atom is 0.407 e. The summed E-state index contributed by atoms with van der Waals surface area (Å²) < 4.78 is 11.0. The van der Waals surface area contributed by atoms with Crippen LogP contribution in [0.4, 0.5) is 4.79 Å². The number of aliphatic hydroxyl groups is 1. The van der Waals surface area contributed by atoms with Gasteiger partial charge in [-0.15, -0.1) is 11.8 Å². The zero-order chi connectivity index (χ0) is 33.3. The lowest BCUT2D eigenvalue weighted by atomic mass is 9.98. The number of hydrogen-bond donors (Lipinski definition) is 2. The summed E-state index contributed by atoms with van der Waals surface area (Å²) in [4.78, 5) is 39.0. The van der Waals surface area contributed by atoms with Crippen molar-refractivity contribution >= 4 is 29.6 Å². The minimum absolute atomic E-state index is 0.0719. The Labute approximate surface area is 283 Å². The van der Waals surface area contributed by atoms with Crippen molar-refractivity contribution in [2.75, 3.05) is 19.0 Å². The van der Waals surface area contributed by atoms with E-state index < -0.39 is 36.6 Å². The smallest absolute Gasteiger partial charge is 0.407 e. The fraction of sp³-hybridized carbons (Fsp3) is 0.175. The highest BCUT2D eigenvalue weighted by molar-refractivity contribution is 7.99. The zero-order valence-corrected chi connectivity index (χ0v) is 26.9. The standard InChI is InChI=1S/C40H35NO6S/c42-36(27-14-4-1-5-15-27)25-46-39(44)37(43)35(26-48-38(28-16-6-2-7-17-28)29-18-8-3-9-19-29)41-40(45)47-24-34-32-22-12-10-20-30(32)31-21-11-13-23-33(31)34/h1-23,34-35,37-38,43H,24-26H2,(H,41,45)/t35-,37+/m0/s1. The molecular formula is C40H35NO6S. The zero-order valence-electron chi connectivity index (χ0n) is 26.1. The molecule has 1 amide bonds. The van der Waals surface area contributed by atoms with Crippen molar-refractivity contribution in [1.29, 1.82) is 0 Å². The van der Waals surface area contributed by atoms with E-state index in [9.17, 15) is 19.5 Å². The van der Waals surface area contributed by atoms with E-state index in [2.05, 4.69) is 17.4 Å². The Hall–Kier alpha value is -5.18. The summed E-state index contributed by atoms with van der Waals surface area (Å²) in [5.41, 5.74) is 6.79. The number of carbonyl (C=O) groups excluding carboxylic acids is 3. The molecule has 8 heteroatoms. The molecule has 2 atom stereocenters. The summed E-state index contributed by atoms with van der Waals surface area (Å²) in [5.74, 6) is -1.43. The molecule has 0 unspecified atom stereocenters. The maximum atomic E-state index is 13.3. The number of carbonyl (C=O) groups is 3. The normalized spacial score (nSPS) is 13.2. The highest BCUT2D eigenvalue weighted by Crippen LogP contribution is 2.44. The summed E-state index contributed by atoms with van der Waals surface area (Å²) in [6, 6.07) is 43.2. The van der Waals surface area contributed by atoms with Crippen LogP contribution >= 0.6 is 11.8 Å². The van der Waals surface area contributed by atoms with Gasteiger partial charge in [0.25, 0.3) is 0 Å². The van der Waals surface area contributed by atoms with E-state index in [1.54, 1.807) is 30.3 Å². The van der Waals surface area contributed by atoms with Gasteiger partial charge in [0, 0.05) is 17.2 Å². The number of rotatable bonds is 13. The van der Waals surface area contributed by atoms with E-state index in [1.807, 2.05) is 97.1 Å². The van der Waals surface area contributed by atoms with Crippen molar-refractivity contribution in [1.82, 2.24) is 5.32 Å². The maximum absolute atomic E-state index is 13.3. The molecule has 242 valence electrons. The molecule has 5 aromatic rings. The van der Waals surface area contributed by atoms with Gasteiger partial charge in [-0.1, -0.05) is 140 Å². The molecule has 0 spiro atoms. The van der Waals surface area contributed by atoms with Crippen LogP contribution in [-0.2, 0) is 14.3 Å². The van der Waals surface area contributed by atoms with Gasteiger partial charge in [0.15, 0.2) is 18.5 Å². The molecule has 0 bridgehead atoms. The number of esters is 1. The van der Waals surface area contributed by atoms with Gasteiger partial charge in [-0.25, -0.2) is 9.59 Å². The van der Waals surface area contributed by atoms with Crippen LogP contribution in [0.5, 0.6) is 0 Å². The number of hydrogen-bond acceptors (Lipinski definition) is 7. The van der Waals surface area contributed by atoms with Crippen molar-refractivity contribution in [3.63, 3.8) is 0 Å². The van der Waals surface area contributed by atoms with Gasteiger partial charge in [0.2, 0.25) is 0 Å². The van der Waals surface area contributed by atoms with Gasteiger partial charge in [0.1, 0.15) is 6.61 Å². The van der Waals surface area contributed by atoms with Crippen molar-refractivity contribution in [2.24, 2.45) is 0 Å². The summed E-state index contributed by atoms with van der Waals surface area (Å²) in [5, 5.41) is 13.8. The number of thioether (sulfide) groups is 1. The Morgan fingerprint density at radius 2 is 1.17 bits per heavy atom. The van der Waals surface area contributed by atoms with E-state index in [-0.39, 0.29) is 23.5 Å². The number of benzene rings is 5. The van der Waals surface area contributed by atoms with Crippen LogP contribution in [0.1, 0.15) is 43.8 Å². The second-order valence-corrected chi connectivity index (χ2v) is 12.6. The molecule has 0 aromatic heterocycles. The molecule has 5 aromatic carbocycles. The number of ether oxygens (including phenoxy) is 2. The third-order valence-electron chi connectivity index (χ3n) is 8.36. The molecular weight excluding hydrogens is 623 g/mol. The molecule has 7 nitrogen and oxygen atoms in total. The van der Waals surface area contributed by atoms with Crippen LogP contribution in [0.25, 0.3) is 11.1 Å². The second kappa shape index (κ2) is 15.6. The quantitative estimate of drug-likeness (QED) is 0.102. The van der Waals surface area contributed by atoms with E-state index in [1.165, 1.54) is 11.8 Å². The van der Waals surface area contributed by atoms with Gasteiger partial charge in [-0.05, 0) is 33.4 Å². The first-order valence-corrected chi connectivity index (χ1v) is 16.8. The fourth-order valence-electron chi connectivity index (χ4n) is 5.94. The number of ketones is 1. The molecule has 0 fully saturated rings. The van der Waals surface area contributed by atoms with Crippen molar-refractivity contribution in [2.45, 2.75) is 23.3 Å². The average Bonchev–Trinajstić information content (AvgIpc) is 3.46. The molecule has 0 saturated carbocycles.